The van der Waals surface area contributed by atoms with E-state index in [1.807, 2.05) is 4.90 Å². The third kappa shape index (κ3) is 4.06. The van der Waals surface area contributed by atoms with Crippen LogP contribution in [0.1, 0.15) is 10.4 Å². The molecule has 0 N–H and O–H groups in total. The number of anilines is 1. The van der Waals surface area contributed by atoms with Crippen molar-refractivity contribution < 1.29 is 9.21 Å². The molecule has 0 unspecified atom stereocenters. The van der Waals surface area contributed by atoms with Crippen LogP contribution >= 0.6 is 55.1 Å². The van der Waals surface area contributed by atoms with E-state index in [9.17, 15) is 9.59 Å². The maximum absolute atomic E-state index is 13.0. The van der Waals surface area contributed by atoms with Crippen LogP contribution in [-0.2, 0) is 0 Å². The highest BCUT2D eigenvalue weighted by molar-refractivity contribution is 9.11. The quantitative estimate of drug-likeness (QED) is 0.384. The zero-order valence-electron chi connectivity index (χ0n) is 14.9. The van der Waals surface area contributed by atoms with Crippen molar-refractivity contribution in [2.24, 2.45) is 0 Å². The second kappa shape index (κ2) is 8.30. The van der Waals surface area contributed by atoms with Crippen LogP contribution in [0, 0.1) is 0 Å². The molecule has 2 heterocycles. The van der Waals surface area contributed by atoms with Gasteiger partial charge in [0, 0.05) is 36.0 Å². The second-order valence-electron chi connectivity index (χ2n) is 6.60. The summed E-state index contributed by atoms with van der Waals surface area (Å²) in [6, 6.07) is 10.5. The Kier molecular flexibility index (Phi) is 5.93. The molecule has 0 bridgehead atoms. The van der Waals surface area contributed by atoms with Crippen LogP contribution in [0.5, 0.6) is 0 Å². The predicted octanol–water partition coefficient (Wildman–Crippen LogP) is 5.59. The summed E-state index contributed by atoms with van der Waals surface area (Å²) in [4.78, 5) is 29.1. The van der Waals surface area contributed by atoms with E-state index in [0.717, 1.165) is 10.2 Å². The Morgan fingerprint density at radius 3 is 2.31 bits per heavy atom. The fourth-order valence-electron chi connectivity index (χ4n) is 3.40. The van der Waals surface area contributed by atoms with Crippen LogP contribution in [-0.4, -0.2) is 37.0 Å². The molecule has 1 saturated heterocycles. The number of rotatable bonds is 2. The average Bonchev–Trinajstić information content (AvgIpc) is 2.68. The van der Waals surface area contributed by atoms with E-state index in [0.29, 0.717) is 51.7 Å². The molecule has 1 aliphatic heterocycles. The van der Waals surface area contributed by atoms with Crippen molar-refractivity contribution in [3.05, 3.63) is 71.4 Å². The van der Waals surface area contributed by atoms with Gasteiger partial charge in [-0.2, -0.15) is 0 Å². The number of benzene rings is 2. The van der Waals surface area contributed by atoms with Gasteiger partial charge in [0.1, 0.15) is 5.56 Å². The highest BCUT2D eigenvalue weighted by Crippen LogP contribution is 2.34. The SMILES string of the molecule is O=C(c1cc2cc(Br)cc(Br)c2oc1=O)N1CCN(c2c(Cl)cccc2Cl)CC1. The van der Waals surface area contributed by atoms with Gasteiger partial charge in [0.15, 0.2) is 5.58 Å². The van der Waals surface area contributed by atoms with Crippen LogP contribution < -0.4 is 10.5 Å². The molecule has 1 fully saturated rings. The molecule has 9 heteroatoms. The van der Waals surface area contributed by atoms with Gasteiger partial charge in [-0.1, -0.05) is 45.2 Å². The zero-order chi connectivity index (χ0) is 20.7. The molecule has 2 aromatic carbocycles. The monoisotopic (exact) mass is 558 g/mol. The number of fused-ring (bicyclic) bond motifs is 1. The van der Waals surface area contributed by atoms with E-state index in [2.05, 4.69) is 31.9 Å². The number of carbonyl (C=O) groups excluding carboxylic acids is 1. The van der Waals surface area contributed by atoms with Crippen molar-refractivity contribution in [3.8, 4) is 0 Å². The lowest BCUT2D eigenvalue weighted by Gasteiger charge is -2.36. The number of para-hydroxylation sites is 1. The second-order valence-corrected chi connectivity index (χ2v) is 9.19. The summed E-state index contributed by atoms with van der Waals surface area (Å²) in [7, 11) is 0. The van der Waals surface area contributed by atoms with Crippen molar-refractivity contribution in [2.45, 2.75) is 0 Å². The Hall–Kier alpha value is -1.54. The number of hydrogen-bond acceptors (Lipinski definition) is 4. The van der Waals surface area contributed by atoms with Crippen LogP contribution in [0.4, 0.5) is 5.69 Å². The Labute approximate surface area is 193 Å². The van der Waals surface area contributed by atoms with Gasteiger partial charge in [-0.05, 0) is 46.3 Å². The molecular formula is C20H14Br2Cl2N2O3. The molecule has 0 aliphatic carbocycles. The minimum atomic E-state index is -0.651. The summed E-state index contributed by atoms with van der Waals surface area (Å²) in [6.45, 7) is 2.01. The molecule has 1 amide bonds. The predicted molar refractivity (Wildman–Crippen MR) is 122 cm³/mol. The highest BCUT2D eigenvalue weighted by atomic mass is 79.9. The summed E-state index contributed by atoms with van der Waals surface area (Å²) in [5.41, 5.74) is 0.546. The summed E-state index contributed by atoms with van der Waals surface area (Å²) >= 11 is 19.4. The van der Waals surface area contributed by atoms with Crippen molar-refractivity contribution in [1.29, 1.82) is 0 Å². The van der Waals surface area contributed by atoms with E-state index in [1.54, 1.807) is 41.3 Å². The summed E-state index contributed by atoms with van der Waals surface area (Å²) in [5, 5.41) is 1.81. The number of halogens is 4. The third-order valence-corrected chi connectivity index (χ3v) is 6.46. The summed E-state index contributed by atoms with van der Waals surface area (Å²) in [5.74, 6) is -0.346. The van der Waals surface area contributed by atoms with Crippen molar-refractivity contribution in [1.82, 2.24) is 4.90 Å². The Morgan fingerprint density at radius 2 is 1.66 bits per heavy atom. The van der Waals surface area contributed by atoms with Gasteiger partial charge in [-0.15, -0.1) is 0 Å². The van der Waals surface area contributed by atoms with Gasteiger partial charge >= 0.3 is 5.63 Å². The van der Waals surface area contributed by atoms with Gasteiger partial charge in [0.25, 0.3) is 5.91 Å². The number of hydrogen-bond donors (Lipinski definition) is 0. The molecule has 0 radical (unpaired) electrons. The molecule has 5 nitrogen and oxygen atoms in total. The Morgan fingerprint density at radius 1 is 1.00 bits per heavy atom. The molecule has 150 valence electrons. The van der Waals surface area contributed by atoms with E-state index >= 15 is 0 Å². The van der Waals surface area contributed by atoms with Gasteiger partial charge in [0.05, 0.1) is 20.2 Å². The smallest absolute Gasteiger partial charge is 0.349 e. The first kappa shape index (κ1) is 20.7. The molecular weight excluding hydrogens is 547 g/mol. The van der Waals surface area contributed by atoms with E-state index in [4.69, 9.17) is 27.6 Å². The normalized spacial score (nSPS) is 14.5. The third-order valence-electron chi connectivity index (χ3n) is 4.80. The first-order valence-corrected chi connectivity index (χ1v) is 11.1. The molecule has 3 aromatic rings. The molecule has 0 spiro atoms. The standard InChI is InChI=1S/C20H14Br2Cl2N2O3/c21-12-8-11-9-13(20(28)29-18(11)14(22)10-12)19(27)26-6-4-25(5-7-26)17-15(23)2-1-3-16(17)24/h1-3,8-10H,4-7H2. The minimum Gasteiger partial charge on any atom is -0.421 e. The van der Waals surface area contributed by atoms with Crippen molar-refractivity contribution in [3.63, 3.8) is 0 Å². The lowest BCUT2D eigenvalue weighted by Crippen LogP contribution is -2.49. The fraction of sp³-hybridized carbons (Fsp3) is 0.200. The van der Waals surface area contributed by atoms with Crippen LogP contribution in [0.2, 0.25) is 10.0 Å². The molecule has 29 heavy (non-hydrogen) atoms. The maximum atomic E-state index is 13.0. The van der Waals surface area contributed by atoms with E-state index in [-0.39, 0.29) is 11.5 Å². The molecule has 1 aliphatic rings. The maximum Gasteiger partial charge on any atom is 0.349 e. The van der Waals surface area contributed by atoms with Gasteiger partial charge in [-0.25, -0.2) is 4.79 Å². The number of piperazine rings is 1. The van der Waals surface area contributed by atoms with E-state index < -0.39 is 5.63 Å². The summed E-state index contributed by atoms with van der Waals surface area (Å²) < 4.78 is 6.85. The highest BCUT2D eigenvalue weighted by Gasteiger charge is 2.27. The van der Waals surface area contributed by atoms with Gasteiger partial charge < -0.3 is 14.2 Å². The molecule has 1 aromatic heterocycles. The molecule has 0 atom stereocenters. The van der Waals surface area contributed by atoms with Crippen molar-refractivity contribution in [2.75, 3.05) is 31.1 Å². The number of nitrogens with zero attached hydrogens (tertiary/aromatic N) is 2. The van der Waals surface area contributed by atoms with Gasteiger partial charge in [0.2, 0.25) is 0 Å². The van der Waals surface area contributed by atoms with Gasteiger partial charge in [-0.3, -0.25) is 4.79 Å². The van der Waals surface area contributed by atoms with Crippen molar-refractivity contribution >= 4 is 77.6 Å². The Bertz CT molecular complexity index is 1150. The summed E-state index contributed by atoms with van der Waals surface area (Å²) in [6.07, 6.45) is 0. The van der Waals surface area contributed by atoms with E-state index in [1.165, 1.54) is 0 Å². The number of carbonyl (C=O) groups is 1. The number of amides is 1. The van der Waals surface area contributed by atoms with Crippen LogP contribution in [0.25, 0.3) is 11.0 Å². The lowest BCUT2D eigenvalue weighted by molar-refractivity contribution is 0.0742. The Balaban J connectivity index is 1.57. The fourth-order valence-corrected chi connectivity index (χ4v) is 5.38. The first-order valence-electron chi connectivity index (χ1n) is 8.76. The first-order chi connectivity index (χ1) is 13.8. The van der Waals surface area contributed by atoms with Crippen LogP contribution in [0.15, 0.2) is 54.6 Å². The molecule has 4 rings (SSSR count). The average molecular weight is 561 g/mol. The minimum absolute atomic E-state index is 0.0201. The van der Waals surface area contributed by atoms with Crippen LogP contribution in [0.3, 0.4) is 0 Å². The topological polar surface area (TPSA) is 53.8 Å². The zero-order valence-corrected chi connectivity index (χ0v) is 19.6. The lowest BCUT2D eigenvalue weighted by atomic mass is 10.1. The molecule has 0 saturated carbocycles. The largest absolute Gasteiger partial charge is 0.421 e.